The number of nitrogens with zero attached hydrogens (tertiary/aromatic N) is 4. The highest BCUT2D eigenvalue weighted by molar-refractivity contribution is 6.31. The van der Waals surface area contributed by atoms with Crippen molar-refractivity contribution in [1.82, 2.24) is 19.8 Å². The van der Waals surface area contributed by atoms with Crippen LogP contribution < -0.4 is 0 Å². The van der Waals surface area contributed by atoms with Gasteiger partial charge in [0.15, 0.2) is 5.65 Å². The molecule has 2 fully saturated rings. The van der Waals surface area contributed by atoms with Crippen molar-refractivity contribution in [3.8, 4) is 0 Å². The summed E-state index contributed by atoms with van der Waals surface area (Å²) in [7, 11) is 0. The minimum Gasteiger partial charge on any atom is -0.341 e. The van der Waals surface area contributed by atoms with Crippen molar-refractivity contribution in [1.29, 1.82) is 0 Å². The molecule has 7 nitrogen and oxygen atoms in total. The number of carbonyl (C=O) groups is 3. The van der Waals surface area contributed by atoms with Gasteiger partial charge in [-0.05, 0) is 31.0 Å². The molecule has 27 heavy (non-hydrogen) atoms. The molecule has 4 heterocycles. The summed E-state index contributed by atoms with van der Waals surface area (Å²) in [6.07, 6.45) is 3.59. The predicted molar refractivity (Wildman–Crippen MR) is 99.1 cm³/mol. The van der Waals surface area contributed by atoms with E-state index in [9.17, 15) is 14.4 Å². The molecule has 2 saturated heterocycles. The summed E-state index contributed by atoms with van der Waals surface area (Å²) >= 11 is 5.96. The van der Waals surface area contributed by atoms with Gasteiger partial charge in [0.05, 0.1) is 5.02 Å². The van der Waals surface area contributed by atoms with Gasteiger partial charge < -0.3 is 4.90 Å². The number of pyridine rings is 2. The Kier molecular flexibility index (Phi) is 4.78. The summed E-state index contributed by atoms with van der Waals surface area (Å²) in [5.41, 5.74) is 1.63. The lowest BCUT2D eigenvalue weighted by Gasteiger charge is -2.32. The molecule has 2 aliphatic rings. The minimum absolute atomic E-state index is 0.138. The van der Waals surface area contributed by atoms with Gasteiger partial charge in [0.1, 0.15) is 6.54 Å². The van der Waals surface area contributed by atoms with Gasteiger partial charge in [-0.15, -0.1) is 0 Å². The molecule has 3 amide bonds. The van der Waals surface area contributed by atoms with E-state index < -0.39 is 0 Å². The number of hydrogen-bond acceptors (Lipinski definition) is 5. The SMILES string of the molecule is O=C(CN1C(=O)CCC1=O)N1CCC(c2ccc3cc(Cl)cnc3n2)CC1. The van der Waals surface area contributed by atoms with Gasteiger partial charge in [-0.25, -0.2) is 9.97 Å². The number of piperidine rings is 1. The lowest BCUT2D eigenvalue weighted by atomic mass is 9.93. The maximum Gasteiger partial charge on any atom is 0.242 e. The number of amides is 3. The topological polar surface area (TPSA) is 83.5 Å². The largest absolute Gasteiger partial charge is 0.341 e. The van der Waals surface area contributed by atoms with Gasteiger partial charge in [-0.3, -0.25) is 19.3 Å². The van der Waals surface area contributed by atoms with Gasteiger partial charge in [0.2, 0.25) is 17.7 Å². The maximum absolute atomic E-state index is 12.4. The molecule has 0 aromatic carbocycles. The van der Waals surface area contributed by atoms with Crippen molar-refractivity contribution in [3.05, 3.63) is 35.1 Å². The van der Waals surface area contributed by atoms with Crippen molar-refractivity contribution < 1.29 is 14.4 Å². The molecule has 0 unspecified atom stereocenters. The standard InChI is InChI=1S/C19H19ClN4O3/c20-14-9-13-1-2-15(22-19(13)21-10-14)12-5-7-23(8-6-12)18(27)11-24-16(25)3-4-17(24)26/h1-2,9-10,12H,3-8,11H2. The molecule has 8 heteroatoms. The molecule has 2 aromatic heterocycles. The summed E-state index contributed by atoms with van der Waals surface area (Å²) in [4.78, 5) is 47.5. The zero-order valence-electron chi connectivity index (χ0n) is 14.7. The zero-order chi connectivity index (χ0) is 19.0. The monoisotopic (exact) mass is 386 g/mol. The summed E-state index contributed by atoms with van der Waals surface area (Å²) in [5.74, 6) is -0.418. The first-order valence-corrected chi connectivity index (χ1v) is 9.42. The number of imide groups is 1. The third-order valence-electron chi connectivity index (χ3n) is 5.24. The Morgan fingerprint density at radius 1 is 1.15 bits per heavy atom. The van der Waals surface area contributed by atoms with Gasteiger partial charge >= 0.3 is 0 Å². The van der Waals surface area contributed by atoms with Crippen LogP contribution in [0.2, 0.25) is 5.02 Å². The van der Waals surface area contributed by atoms with E-state index in [1.165, 1.54) is 0 Å². The average molecular weight is 387 g/mol. The molecular formula is C19H19ClN4O3. The first kappa shape index (κ1) is 17.9. The Labute approximate surface area is 161 Å². The molecule has 0 radical (unpaired) electrons. The Bertz CT molecular complexity index is 908. The van der Waals surface area contributed by atoms with Gasteiger partial charge in [0, 0.05) is 49.1 Å². The van der Waals surface area contributed by atoms with Crippen LogP contribution in [0.4, 0.5) is 0 Å². The Balaban J connectivity index is 1.38. The van der Waals surface area contributed by atoms with Crippen LogP contribution in [0.5, 0.6) is 0 Å². The maximum atomic E-state index is 12.4. The van der Waals surface area contributed by atoms with Crippen LogP contribution in [-0.2, 0) is 14.4 Å². The first-order chi connectivity index (χ1) is 13.0. The summed E-state index contributed by atoms with van der Waals surface area (Å²) in [6.45, 7) is 1.04. The average Bonchev–Trinajstić information content (AvgIpc) is 2.99. The number of aromatic nitrogens is 2. The fourth-order valence-electron chi connectivity index (χ4n) is 3.68. The summed E-state index contributed by atoms with van der Waals surface area (Å²) in [6, 6.07) is 5.80. The van der Waals surface area contributed by atoms with Crippen LogP contribution in [0.25, 0.3) is 11.0 Å². The number of rotatable bonds is 3. The fourth-order valence-corrected chi connectivity index (χ4v) is 3.85. The van der Waals surface area contributed by atoms with Crippen LogP contribution in [0, 0.1) is 0 Å². The second-order valence-corrected chi connectivity index (χ2v) is 7.40. The van der Waals surface area contributed by atoms with Crippen molar-refractivity contribution in [2.24, 2.45) is 0 Å². The van der Waals surface area contributed by atoms with Crippen LogP contribution >= 0.6 is 11.6 Å². The molecule has 4 rings (SSSR count). The summed E-state index contributed by atoms with van der Waals surface area (Å²) in [5, 5.41) is 1.48. The van der Waals surface area contributed by atoms with E-state index in [4.69, 9.17) is 11.6 Å². The third kappa shape index (κ3) is 3.64. The van der Waals surface area contributed by atoms with Gasteiger partial charge in [0.25, 0.3) is 0 Å². The van der Waals surface area contributed by atoms with Gasteiger partial charge in [-0.1, -0.05) is 11.6 Å². The summed E-state index contributed by atoms with van der Waals surface area (Å²) < 4.78 is 0. The zero-order valence-corrected chi connectivity index (χ0v) is 15.5. The van der Waals surface area contributed by atoms with Crippen molar-refractivity contribution in [3.63, 3.8) is 0 Å². The van der Waals surface area contributed by atoms with Crippen LogP contribution in [0.1, 0.15) is 37.3 Å². The molecule has 0 N–H and O–H groups in total. The highest BCUT2D eigenvalue weighted by Crippen LogP contribution is 2.28. The molecule has 0 spiro atoms. The number of fused-ring (bicyclic) bond motifs is 1. The van der Waals surface area contributed by atoms with E-state index in [1.54, 1.807) is 11.1 Å². The number of halogens is 1. The second kappa shape index (κ2) is 7.23. The molecule has 0 saturated carbocycles. The van der Waals surface area contributed by atoms with E-state index in [0.29, 0.717) is 23.8 Å². The van der Waals surface area contributed by atoms with E-state index in [-0.39, 0.29) is 43.0 Å². The van der Waals surface area contributed by atoms with E-state index in [0.717, 1.165) is 28.8 Å². The normalized spacial score (nSPS) is 18.6. The fraction of sp³-hybridized carbons (Fsp3) is 0.421. The molecular weight excluding hydrogens is 368 g/mol. The molecule has 0 atom stereocenters. The minimum atomic E-state index is -0.254. The highest BCUT2D eigenvalue weighted by atomic mass is 35.5. The number of hydrogen-bond donors (Lipinski definition) is 0. The Morgan fingerprint density at radius 3 is 2.56 bits per heavy atom. The van der Waals surface area contributed by atoms with Crippen molar-refractivity contribution in [2.75, 3.05) is 19.6 Å². The van der Waals surface area contributed by atoms with E-state index >= 15 is 0 Å². The third-order valence-corrected chi connectivity index (χ3v) is 5.45. The first-order valence-electron chi connectivity index (χ1n) is 9.04. The molecule has 2 aliphatic heterocycles. The number of carbonyl (C=O) groups excluding carboxylic acids is 3. The Hall–Kier alpha value is -2.54. The smallest absolute Gasteiger partial charge is 0.242 e. The molecule has 0 aliphatic carbocycles. The van der Waals surface area contributed by atoms with Crippen molar-refractivity contribution >= 4 is 40.4 Å². The lowest BCUT2D eigenvalue weighted by molar-refractivity contribution is -0.145. The lowest BCUT2D eigenvalue weighted by Crippen LogP contribution is -2.45. The van der Waals surface area contributed by atoms with Crippen LogP contribution in [0.15, 0.2) is 24.4 Å². The molecule has 140 valence electrons. The van der Waals surface area contributed by atoms with Crippen LogP contribution in [0.3, 0.4) is 0 Å². The van der Waals surface area contributed by atoms with Crippen LogP contribution in [-0.4, -0.2) is 57.1 Å². The molecule has 2 aromatic rings. The quantitative estimate of drug-likeness (QED) is 0.754. The second-order valence-electron chi connectivity index (χ2n) is 6.97. The van der Waals surface area contributed by atoms with E-state index in [1.807, 2.05) is 18.2 Å². The van der Waals surface area contributed by atoms with Crippen molar-refractivity contribution in [2.45, 2.75) is 31.6 Å². The predicted octanol–water partition coefficient (Wildman–Crippen LogP) is 2.14. The van der Waals surface area contributed by atoms with Gasteiger partial charge in [-0.2, -0.15) is 0 Å². The highest BCUT2D eigenvalue weighted by Gasteiger charge is 2.33. The Morgan fingerprint density at radius 2 is 1.85 bits per heavy atom. The molecule has 0 bridgehead atoms. The number of likely N-dealkylation sites (tertiary alicyclic amines) is 2. The van der Waals surface area contributed by atoms with E-state index in [2.05, 4.69) is 9.97 Å².